The van der Waals surface area contributed by atoms with Crippen LogP contribution in [0.15, 0.2) is 17.2 Å². The van der Waals surface area contributed by atoms with Gasteiger partial charge in [0.1, 0.15) is 5.69 Å². The maximum atomic E-state index is 12.3. The summed E-state index contributed by atoms with van der Waals surface area (Å²) in [6.45, 7) is 0. The van der Waals surface area contributed by atoms with Gasteiger partial charge in [0.15, 0.2) is 5.03 Å². The van der Waals surface area contributed by atoms with Crippen LogP contribution in [0.3, 0.4) is 0 Å². The lowest BCUT2D eigenvalue weighted by atomic mass is 10.4. The van der Waals surface area contributed by atoms with Crippen molar-refractivity contribution in [2.24, 2.45) is 0 Å². The van der Waals surface area contributed by atoms with Crippen LogP contribution in [0.4, 0.5) is 8.78 Å². The zero-order valence-electron chi connectivity index (χ0n) is 6.42. The number of alkyl halides is 2. The van der Waals surface area contributed by atoms with E-state index >= 15 is 0 Å². The highest BCUT2D eigenvalue weighted by molar-refractivity contribution is 14.1. The molecule has 0 saturated carbocycles. The smallest absolute Gasteiger partial charge is 0.233 e. The van der Waals surface area contributed by atoms with Crippen molar-refractivity contribution in [3.05, 3.63) is 21.4 Å². The van der Waals surface area contributed by atoms with Gasteiger partial charge < -0.3 is 0 Å². The highest BCUT2D eigenvalue weighted by atomic mass is 127. The van der Waals surface area contributed by atoms with E-state index in [4.69, 9.17) is 10.7 Å². The third kappa shape index (κ3) is 2.74. The van der Waals surface area contributed by atoms with Gasteiger partial charge in [0.05, 0.1) is 0 Å². The van der Waals surface area contributed by atoms with Gasteiger partial charge in [-0.15, -0.1) is 0 Å². The predicted octanol–water partition coefficient (Wildman–Crippen LogP) is 2.55. The molecule has 1 aromatic heterocycles. The monoisotopic (exact) mass is 353 g/mol. The number of aromatic nitrogens is 1. The first-order valence-electron chi connectivity index (χ1n) is 3.21. The number of hydrogen-bond donors (Lipinski definition) is 0. The molecule has 0 aliphatic rings. The maximum absolute atomic E-state index is 12.3. The molecule has 0 fully saturated rings. The van der Waals surface area contributed by atoms with Crippen molar-refractivity contribution >= 4 is 42.3 Å². The quantitative estimate of drug-likeness (QED) is 0.606. The average molecular weight is 354 g/mol. The van der Waals surface area contributed by atoms with Crippen LogP contribution in [-0.4, -0.2) is 13.4 Å². The molecule has 78 valence electrons. The number of nitrogens with zero attached hydrogens (tertiary/aromatic N) is 1. The molecule has 0 spiro atoms. The molecule has 3 nitrogen and oxygen atoms in total. The van der Waals surface area contributed by atoms with E-state index in [-0.39, 0.29) is 3.57 Å². The standard InChI is InChI=1S/C6H3ClF2INO2S/c7-14(12,13)4-2-1-3(10)5(11-4)6(8)9/h1-2,6H. The van der Waals surface area contributed by atoms with Crippen LogP contribution < -0.4 is 0 Å². The first-order chi connectivity index (χ1) is 6.32. The zero-order chi connectivity index (χ0) is 10.9. The summed E-state index contributed by atoms with van der Waals surface area (Å²) in [4.78, 5) is 3.27. The third-order valence-corrected chi connectivity index (χ3v) is 3.42. The van der Waals surface area contributed by atoms with Crippen LogP contribution in [0.25, 0.3) is 0 Å². The molecule has 0 saturated heterocycles. The molecule has 0 atom stereocenters. The van der Waals surface area contributed by atoms with E-state index in [1.165, 1.54) is 6.07 Å². The second kappa shape index (κ2) is 4.23. The Bertz CT molecular complexity index is 451. The first kappa shape index (κ1) is 12.1. The molecule has 0 bridgehead atoms. The summed E-state index contributed by atoms with van der Waals surface area (Å²) in [5.41, 5.74) is -0.577. The molecular weight excluding hydrogens is 350 g/mol. The van der Waals surface area contributed by atoms with E-state index in [0.717, 1.165) is 6.07 Å². The van der Waals surface area contributed by atoms with Gasteiger partial charge in [-0.2, -0.15) is 0 Å². The van der Waals surface area contributed by atoms with Gasteiger partial charge in [-0.1, -0.05) is 0 Å². The van der Waals surface area contributed by atoms with E-state index in [1.807, 2.05) is 0 Å². The second-order valence-electron chi connectivity index (χ2n) is 2.26. The maximum Gasteiger partial charge on any atom is 0.281 e. The van der Waals surface area contributed by atoms with Crippen molar-refractivity contribution in [1.82, 2.24) is 4.98 Å². The predicted molar refractivity (Wildman–Crippen MR) is 54.9 cm³/mol. The van der Waals surface area contributed by atoms with Crippen molar-refractivity contribution in [2.75, 3.05) is 0 Å². The summed E-state index contributed by atoms with van der Waals surface area (Å²) < 4.78 is 46.3. The molecule has 8 heteroatoms. The van der Waals surface area contributed by atoms with Crippen LogP contribution in [0.2, 0.25) is 0 Å². The summed E-state index contributed by atoms with van der Waals surface area (Å²) in [7, 11) is 0.899. The van der Waals surface area contributed by atoms with Crippen molar-refractivity contribution < 1.29 is 17.2 Å². The summed E-state index contributed by atoms with van der Waals surface area (Å²) in [6, 6.07) is 2.31. The largest absolute Gasteiger partial charge is 0.281 e. The highest BCUT2D eigenvalue weighted by Crippen LogP contribution is 2.24. The van der Waals surface area contributed by atoms with Crippen molar-refractivity contribution in [3.63, 3.8) is 0 Å². The minimum absolute atomic E-state index is 0.196. The summed E-state index contributed by atoms with van der Waals surface area (Å²) >= 11 is 1.64. The van der Waals surface area contributed by atoms with E-state index in [2.05, 4.69) is 4.98 Å². The molecule has 0 aliphatic carbocycles. The Balaban J connectivity index is 3.34. The van der Waals surface area contributed by atoms with Gasteiger partial charge in [0.25, 0.3) is 15.5 Å². The van der Waals surface area contributed by atoms with E-state index < -0.39 is 26.2 Å². The fourth-order valence-electron chi connectivity index (χ4n) is 0.728. The Hall–Kier alpha value is -0.0200. The molecule has 0 aliphatic heterocycles. The average Bonchev–Trinajstić information content (AvgIpc) is 2.02. The van der Waals surface area contributed by atoms with E-state index in [9.17, 15) is 17.2 Å². The van der Waals surface area contributed by atoms with Crippen LogP contribution in [-0.2, 0) is 9.05 Å². The van der Waals surface area contributed by atoms with Gasteiger partial charge in [-0.05, 0) is 34.7 Å². The molecule has 0 radical (unpaired) electrons. The highest BCUT2D eigenvalue weighted by Gasteiger charge is 2.19. The Morgan fingerprint density at radius 1 is 1.43 bits per heavy atom. The number of halogens is 4. The molecular formula is C6H3ClF2INO2S. The molecule has 0 aromatic carbocycles. The van der Waals surface area contributed by atoms with Gasteiger partial charge in [-0.25, -0.2) is 22.2 Å². The first-order valence-corrected chi connectivity index (χ1v) is 6.60. The van der Waals surface area contributed by atoms with Gasteiger partial charge in [0, 0.05) is 14.3 Å². The molecule has 1 aromatic rings. The summed E-state index contributed by atoms with van der Waals surface area (Å²) in [5, 5.41) is -0.560. The molecule has 14 heavy (non-hydrogen) atoms. The Morgan fingerprint density at radius 2 is 2.00 bits per heavy atom. The number of pyridine rings is 1. The minimum Gasteiger partial charge on any atom is -0.233 e. The summed E-state index contributed by atoms with van der Waals surface area (Å²) in [5.74, 6) is 0. The molecule has 1 rings (SSSR count). The fraction of sp³-hybridized carbons (Fsp3) is 0.167. The van der Waals surface area contributed by atoms with Crippen LogP contribution in [0.1, 0.15) is 12.1 Å². The fourth-order valence-corrected chi connectivity index (χ4v) is 1.96. The van der Waals surface area contributed by atoms with Crippen LogP contribution in [0, 0.1) is 3.57 Å². The van der Waals surface area contributed by atoms with Crippen molar-refractivity contribution in [1.29, 1.82) is 0 Å². The van der Waals surface area contributed by atoms with Crippen molar-refractivity contribution in [3.8, 4) is 0 Å². The second-order valence-corrected chi connectivity index (χ2v) is 5.93. The van der Waals surface area contributed by atoms with Crippen LogP contribution >= 0.6 is 33.3 Å². The van der Waals surface area contributed by atoms with Crippen molar-refractivity contribution in [2.45, 2.75) is 11.5 Å². The SMILES string of the molecule is O=S(=O)(Cl)c1ccc(I)c(C(F)F)n1. The molecule has 0 unspecified atom stereocenters. The zero-order valence-corrected chi connectivity index (χ0v) is 10.1. The normalized spacial score (nSPS) is 12.1. The van der Waals surface area contributed by atoms with Gasteiger partial charge in [0.2, 0.25) is 0 Å². The Kier molecular flexibility index (Phi) is 3.64. The third-order valence-electron chi connectivity index (χ3n) is 1.30. The van der Waals surface area contributed by atoms with E-state index in [0.29, 0.717) is 0 Å². The number of hydrogen-bond acceptors (Lipinski definition) is 3. The lowest BCUT2D eigenvalue weighted by Gasteiger charge is -2.03. The molecule has 0 amide bonds. The topological polar surface area (TPSA) is 47.0 Å². The Labute approximate surface area is 97.0 Å². The lowest BCUT2D eigenvalue weighted by Crippen LogP contribution is -2.01. The Morgan fingerprint density at radius 3 is 2.43 bits per heavy atom. The minimum atomic E-state index is -4.05. The van der Waals surface area contributed by atoms with Gasteiger partial charge in [-0.3, -0.25) is 0 Å². The van der Waals surface area contributed by atoms with Crippen LogP contribution in [0.5, 0.6) is 0 Å². The summed E-state index contributed by atoms with van der Waals surface area (Å²) in [6.07, 6.45) is -2.82. The van der Waals surface area contributed by atoms with E-state index in [1.54, 1.807) is 22.6 Å². The molecule has 1 heterocycles. The molecule has 0 N–H and O–H groups in total. The lowest BCUT2D eigenvalue weighted by molar-refractivity contribution is 0.144. The van der Waals surface area contributed by atoms with Gasteiger partial charge >= 0.3 is 0 Å². The number of rotatable bonds is 2.